The van der Waals surface area contributed by atoms with Crippen molar-refractivity contribution in [3.05, 3.63) is 29.8 Å². The van der Waals surface area contributed by atoms with Crippen LogP contribution in [0.5, 0.6) is 0 Å². The highest BCUT2D eigenvalue weighted by molar-refractivity contribution is 14.0. The second-order valence-corrected chi connectivity index (χ2v) is 5.84. The van der Waals surface area contributed by atoms with Gasteiger partial charge in [0.25, 0.3) is 0 Å². The number of aliphatic imine (C=N–C) groups is 1. The monoisotopic (exact) mass is 428 g/mol. The van der Waals surface area contributed by atoms with Gasteiger partial charge in [0.2, 0.25) is 5.91 Å². The van der Waals surface area contributed by atoms with Crippen LogP contribution in [0.2, 0.25) is 0 Å². The SMILES string of the molecule is C#Cc1cccc(NC(=O)CN=C(NCC)NC(C)(C)C)c1.I. The Morgan fingerprint density at radius 3 is 2.61 bits per heavy atom. The Balaban J connectivity index is 0.00000484. The number of anilines is 1. The number of benzene rings is 1. The van der Waals surface area contributed by atoms with E-state index in [1.807, 2.05) is 33.8 Å². The summed E-state index contributed by atoms with van der Waals surface area (Å²) in [5.74, 6) is 2.95. The molecule has 5 nitrogen and oxygen atoms in total. The van der Waals surface area contributed by atoms with Gasteiger partial charge in [-0.1, -0.05) is 12.0 Å². The molecule has 0 fully saturated rings. The Morgan fingerprint density at radius 2 is 2.04 bits per heavy atom. The zero-order valence-electron chi connectivity index (χ0n) is 14.1. The van der Waals surface area contributed by atoms with E-state index < -0.39 is 0 Å². The maximum absolute atomic E-state index is 12.0. The zero-order chi connectivity index (χ0) is 16.6. The summed E-state index contributed by atoms with van der Waals surface area (Å²) in [6, 6.07) is 7.16. The number of rotatable bonds is 4. The maximum atomic E-state index is 12.0. The fourth-order valence-corrected chi connectivity index (χ4v) is 1.70. The lowest BCUT2D eigenvalue weighted by atomic mass is 10.1. The molecule has 0 atom stereocenters. The lowest BCUT2D eigenvalue weighted by Gasteiger charge is -2.23. The van der Waals surface area contributed by atoms with E-state index in [9.17, 15) is 4.79 Å². The molecule has 0 aliphatic rings. The van der Waals surface area contributed by atoms with Gasteiger partial charge >= 0.3 is 0 Å². The van der Waals surface area contributed by atoms with Gasteiger partial charge in [0.05, 0.1) is 0 Å². The van der Waals surface area contributed by atoms with Gasteiger partial charge in [0.1, 0.15) is 6.54 Å². The molecule has 0 radical (unpaired) electrons. The van der Waals surface area contributed by atoms with Crippen molar-refractivity contribution in [2.75, 3.05) is 18.4 Å². The van der Waals surface area contributed by atoms with Crippen LogP contribution < -0.4 is 16.0 Å². The molecule has 0 saturated heterocycles. The smallest absolute Gasteiger partial charge is 0.246 e. The average molecular weight is 428 g/mol. The average Bonchev–Trinajstić information content (AvgIpc) is 2.44. The van der Waals surface area contributed by atoms with Crippen molar-refractivity contribution >= 4 is 41.5 Å². The summed E-state index contributed by atoms with van der Waals surface area (Å²) >= 11 is 0. The van der Waals surface area contributed by atoms with Crippen LogP contribution in [0, 0.1) is 12.3 Å². The van der Waals surface area contributed by atoms with E-state index in [0.29, 0.717) is 11.6 Å². The van der Waals surface area contributed by atoms with Crippen LogP contribution in [0.15, 0.2) is 29.3 Å². The van der Waals surface area contributed by atoms with Crippen molar-refractivity contribution in [1.29, 1.82) is 0 Å². The van der Waals surface area contributed by atoms with Gasteiger partial charge in [-0.3, -0.25) is 4.79 Å². The molecule has 6 heteroatoms. The van der Waals surface area contributed by atoms with Crippen LogP contribution in [0.3, 0.4) is 0 Å². The molecule has 0 saturated carbocycles. The van der Waals surface area contributed by atoms with Crippen molar-refractivity contribution < 1.29 is 4.79 Å². The number of nitrogens with one attached hydrogen (secondary N) is 3. The minimum atomic E-state index is -0.194. The molecule has 3 N–H and O–H groups in total. The minimum Gasteiger partial charge on any atom is -0.357 e. The van der Waals surface area contributed by atoms with Gasteiger partial charge in [0.15, 0.2) is 5.96 Å². The summed E-state index contributed by atoms with van der Waals surface area (Å²) in [5, 5.41) is 9.12. The molecule has 0 aromatic heterocycles. The lowest BCUT2D eigenvalue weighted by Crippen LogP contribution is -2.47. The molecule has 0 unspecified atom stereocenters. The largest absolute Gasteiger partial charge is 0.357 e. The molecule has 0 spiro atoms. The second-order valence-electron chi connectivity index (χ2n) is 5.84. The zero-order valence-corrected chi connectivity index (χ0v) is 16.4. The van der Waals surface area contributed by atoms with Crippen molar-refractivity contribution in [1.82, 2.24) is 10.6 Å². The summed E-state index contributed by atoms with van der Waals surface area (Å²) in [7, 11) is 0. The van der Waals surface area contributed by atoms with E-state index in [0.717, 1.165) is 12.1 Å². The summed E-state index contributed by atoms with van der Waals surface area (Å²) in [5.41, 5.74) is 1.27. The summed E-state index contributed by atoms with van der Waals surface area (Å²) in [4.78, 5) is 16.2. The highest BCUT2D eigenvalue weighted by atomic mass is 127. The Morgan fingerprint density at radius 1 is 1.35 bits per heavy atom. The molecule has 1 amide bonds. The first kappa shape index (κ1) is 21.2. The van der Waals surface area contributed by atoms with Crippen molar-refractivity contribution in [2.45, 2.75) is 33.2 Å². The van der Waals surface area contributed by atoms with Crippen LogP contribution in [0.4, 0.5) is 5.69 Å². The van der Waals surface area contributed by atoms with Gasteiger partial charge in [-0.15, -0.1) is 30.4 Å². The Bertz CT molecular complexity index is 585. The van der Waals surface area contributed by atoms with Crippen molar-refractivity contribution in [3.63, 3.8) is 0 Å². The van der Waals surface area contributed by atoms with Gasteiger partial charge in [-0.25, -0.2) is 4.99 Å². The fourth-order valence-electron chi connectivity index (χ4n) is 1.70. The van der Waals surface area contributed by atoms with E-state index in [2.05, 4.69) is 26.9 Å². The Hall–Kier alpha value is -1.75. The molecule has 126 valence electrons. The number of nitrogens with zero attached hydrogens (tertiary/aromatic N) is 1. The molecule has 0 heterocycles. The molecular formula is C17H25IN4O. The van der Waals surface area contributed by atoms with Crippen molar-refractivity contribution in [2.24, 2.45) is 4.99 Å². The Kier molecular flexibility index (Phi) is 9.34. The first-order chi connectivity index (χ1) is 10.3. The number of amides is 1. The van der Waals surface area contributed by atoms with Gasteiger partial charge in [-0.05, 0) is 45.9 Å². The third-order valence-corrected chi connectivity index (χ3v) is 2.53. The number of terminal acetylenes is 1. The number of carbonyl (C=O) groups is 1. The lowest BCUT2D eigenvalue weighted by molar-refractivity contribution is -0.114. The van der Waals surface area contributed by atoms with E-state index >= 15 is 0 Å². The third-order valence-electron chi connectivity index (χ3n) is 2.53. The molecule has 0 aliphatic carbocycles. The molecule has 23 heavy (non-hydrogen) atoms. The van der Waals surface area contributed by atoms with Crippen LogP contribution in [0.25, 0.3) is 0 Å². The molecule has 0 aliphatic heterocycles. The maximum Gasteiger partial charge on any atom is 0.246 e. The van der Waals surface area contributed by atoms with E-state index in [1.54, 1.807) is 18.2 Å². The van der Waals surface area contributed by atoms with Crippen LogP contribution in [0.1, 0.15) is 33.3 Å². The predicted molar refractivity (Wildman–Crippen MR) is 107 cm³/mol. The number of halogens is 1. The summed E-state index contributed by atoms with van der Waals surface area (Å²) in [6.45, 7) is 8.84. The highest BCUT2D eigenvalue weighted by Gasteiger charge is 2.12. The molecule has 1 aromatic carbocycles. The van der Waals surface area contributed by atoms with Crippen molar-refractivity contribution in [3.8, 4) is 12.3 Å². The van der Waals surface area contributed by atoms with Crippen LogP contribution in [-0.2, 0) is 4.79 Å². The van der Waals surface area contributed by atoms with Gasteiger partial charge < -0.3 is 16.0 Å². The number of hydrogen-bond acceptors (Lipinski definition) is 2. The summed E-state index contributed by atoms with van der Waals surface area (Å²) in [6.07, 6.45) is 5.34. The normalized spacial score (nSPS) is 11.0. The van der Waals surface area contributed by atoms with E-state index in [1.165, 1.54) is 0 Å². The fraction of sp³-hybridized carbons (Fsp3) is 0.412. The number of guanidine groups is 1. The predicted octanol–water partition coefficient (Wildman–Crippen LogP) is 2.58. The minimum absolute atomic E-state index is 0. The molecular weight excluding hydrogens is 403 g/mol. The number of hydrogen-bond donors (Lipinski definition) is 3. The summed E-state index contributed by atoms with van der Waals surface area (Å²) < 4.78 is 0. The Labute approximate surface area is 155 Å². The standard InChI is InChI=1S/C17H24N4O.HI/c1-6-13-9-8-10-14(11-13)20-15(22)12-19-16(18-7-2)21-17(3,4)5;/h1,8-11H,7,12H2,2-5H3,(H,20,22)(H2,18,19,21);1H. The quantitative estimate of drug-likeness (QED) is 0.299. The number of carbonyl (C=O) groups excluding carboxylic acids is 1. The van der Waals surface area contributed by atoms with Crippen LogP contribution >= 0.6 is 24.0 Å². The highest BCUT2D eigenvalue weighted by Crippen LogP contribution is 2.09. The van der Waals surface area contributed by atoms with Gasteiger partial charge in [0, 0.05) is 23.3 Å². The topological polar surface area (TPSA) is 65.5 Å². The first-order valence-corrected chi connectivity index (χ1v) is 7.27. The van der Waals surface area contributed by atoms with E-state index in [-0.39, 0.29) is 42.0 Å². The second kappa shape index (κ2) is 10.1. The first-order valence-electron chi connectivity index (χ1n) is 7.27. The molecule has 1 aromatic rings. The molecule has 1 rings (SSSR count). The third kappa shape index (κ3) is 9.08. The van der Waals surface area contributed by atoms with E-state index in [4.69, 9.17) is 6.42 Å². The molecule has 0 bridgehead atoms. The van der Waals surface area contributed by atoms with Crippen LogP contribution in [-0.4, -0.2) is 30.5 Å². The van der Waals surface area contributed by atoms with Gasteiger partial charge in [-0.2, -0.15) is 0 Å².